The molecule has 0 aliphatic carbocycles. The van der Waals surface area contributed by atoms with Gasteiger partial charge >= 0.3 is 6.18 Å². The third-order valence-electron chi connectivity index (χ3n) is 2.34. The van der Waals surface area contributed by atoms with E-state index in [0.29, 0.717) is 5.69 Å². The van der Waals surface area contributed by atoms with Crippen LogP contribution in [0.1, 0.15) is 44.1 Å². The van der Waals surface area contributed by atoms with Crippen LogP contribution in [0.4, 0.5) is 13.2 Å². The molecule has 1 N–H and O–H groups in total. The first-order valence-electron chi connectivity index (χ1n) is 4.90. The van der Waals surface area contributed by atoms with Gasteiger partial charge in [-0.3, -0.25) is 0 Å². The summed E-state index contributed by atoms with van der Waals surface area (Å²) in [5, 5.41) is 16.0. The van der Waals surface area contributed by atoms with Gasteiger partial charge in [0.25, 0.3) is 0 Å². The summed E-state index contributed by atoms with van der Waals surface area (Å²) in [5.41, 5.74) is 0.526. The molecule has 0 spiro atoms. The Morgan fingerprint density at radius 2 is 1.88 bits per heavy atom. The van der Waals surface area contributed by atoms with Crippen LogP contribution in [0, 0.1) is 0 Å². The fourth-order valence-electron chi connectivity index (χ4n) is 1.47. The van der Waals surface area contributed by atoms with Crippen molar-refractivity contribution < 1.29 is 18.3 Å². The van der Waals surface area contributed by atoms with Gasteiger partial charge in [0.05, 0.1) is 12.3 Å². The van der Waals surface area contributed by atoms with Crippen molar-refractivity contribution in [2.75, 3.05) is 0 Å². The summed E-state index contributed by atoms with van der Waals surface area (Å²) in [5.74, 6) is -0.179. The summed E-state index contributed by atoms with van der Waals surface area (Å²) in [4.78, 5) is 0. The number of rotatable bonds is 3. The number of aromatic nitrogens is 3. The maximum absolute atomic E-state index is 12.5. The second-order valence-electron chi connectivity index (χ2n) is 3.90. The van der Waals surface area contributed by atoms with Crippen LogP contribution in [0.3, 0.4) is 0 Å². The molecule has 0 saturated carbocycles. The highest BCUT2D eigenvalue weighted by Crippen LogP contribution is 2.32. The van der Waals surface area contributed by atoms with Crippen molar-refractivity contribution in [3.8, 4) is 0 Å². The highest BCUT2D eigenvalue weighted by atomic mass is 19.4. The van der Waals surface area contributed by atoms with Gasteiger partial charge in [-0.15, -0.1) is 5.10 Å². The molecule has 4 nitrogen and oxygen atoms in total. The Hall–Kier alpha value is -1.11. The molecule has 0 aliphatic heterocycles. The second kappa shape index (κ2) is 4.40. The average Bonchev–Trinajstić information content (AvgIpc) is 2.57. The first-order chi connectivity index (χ1) is 7.29. The first-order valence-corrected chi connectivity index (χ1v) is 4.90. The Balaban J connectivity index is 3.19. The van der Waals surface area contributed by atoms with E-state index in [2.05, 4.69) is 10.3 Å². The standard InChI is InChI=1S/C9H14F3N3O/c1-5(2)8-7(4-16)13-14-15(8)6(3)9(10,11)12/h5-6,16H,4H2,1-3H3. The predicted octanol–water partition coefficient (Wildman–Crippen LogP) is 2.02. The molecule has 16 heavy (non-hydrogen) atoms. The smallest absolute Gasteiger partial charge is 0.390 e. The van der Waals surface area contributed by atoms with Gasteiger partial charge in [-0.2, -0.15) is 13.2 Å². The molecule has 0 aromatic carbocycles. The number of aliphatic hydroxyl groups is 1. The molecule has 0 amide bonds. The van der Waals surface area contributed by atoms with E-state index < -0.39 is 18.8 Å². The molecule has 1 atom stereocenters. The van der Waals surface area contributed by atoms with Gasteiger partial charge in [0, 0.05) is 0 Å². The monoisotopic (exact) mass is 237 g/mol. The van der Waals surface area contributed by atoms with Crippen molar-refractivity contribution in [1.29, 1.82) is 0 Å². The van der Waals surface area contributed by atoms with Crippen molar-refractivity contribution in [3.05, 3.63) is 11.4 Å². The Labute approximate surface area is 91.1 Å². The molecule has 1 unspecified atom stereocenters. The minimum atomic E-state index is -4.37. The maximum atomic E-state index is 12.5. The number of alkyl halides is 3. The third kappa shape index (κ3) is 2.34. The Bertz CT molecular complexity index is 359. The van der Waals surface area contributed by atoms with Crippen LogP contribution in [0.5, 0.6) is 0 Å². The molecule has 1 rings (SSSR count). The van der Waals surface area contributed by atoms with Crippen molar-refractivity contribution in [1.82, 2.24) is 15.0 Å². The lowest BCUT2D eigenvalue weighted by atomic mass is 10.1. The van der Waals surface area contributed by atoms with Gasteiger partial charge in [0.2, 0.25) is 0 Å². The fourth-order valence-corrected chi connectivity index (χ4v) is 1.47. The quantitative estimate of drug-likeness (QED) is 0.874. The number of nitrogens with zero attached hydrogens (tertiary/aromatic N) is 3. The highest BCUT2D eigenvalue weighted by molar-refractivity contribution is 5.14. The molecule has 1 heterocycles. The van der Waals surface area contributed by atoms with Crippen LogP contribution < -0.4 is 0 Å². The van der Waals surface area contributed by atoms with Crippen LogP contribution in [-0.2, 0) is 6.61 Å². The average molecular weight is 237 g/mol. The van der Waals surface area contributed by atoms with Crippen LogP contribution in [0.25, 0.3) is 0 Å². The summed E-state index contributed by atoms with van der Waals surface area (Å²) < 4.78 is 38.5. The number of hydrogen-bond acceptors (Lipinski definition) is 3. The second-order valence-corrected chi connectivity index (χ2v) is 3.90. The van der Waals surface area contributed by atoms with Crippen LogP contribution in [0.15, 0.2) is 0 Å². The van der Waals surface area contributed by atoms with Crippen LogP contribution >= 0.6 is 0 Å². The molecule has 1 aromatic heterocycles. The van der Waals surface area contributed by atoms with E-state index in [-0.39, 0.29) is 11.6 Å². The van der Waals surface area contributed by atoms with Crippen molar-refractivity contribution in [2.24, 2.45) is 0 Å². The van der Waals surface area contributed by atoms with E-state index in [1.807, 2.05) is 0 Å². The molecular formula is C9H14F3N3O. The van der Waals surface area contributed by atoms with E-state index in [1.54, 1.807) is 13.8 Å². The molecule has 0 aliphatic rings. The molecule has 0 fully saturated rings. The molecule has 92 valence electrons. The molecule has 0 saturated heterocycles. The van der Waals surface area contributed by atoms with E-state index in [0.717, 1.165) is 11.6 Å². The Morgan fingerprint density at radius 1 is 1.31 bits per heavy atom. The minimum absolute atomic E-state index is 0.179. The first kappa shape index (κ1) is 13.0. The van der Waals surface area contributed by atoms with Crippen LogP contribution in [0.2, 0.25) is 0 Å². The normalized spacial score (nSPS) is 14.5. The van der Waals surface area contributed by atoms with E-state index >= 15 is 0 Å². The summed E-state index contributed by atoms with van der Waals surface area (Å²) in [7, 11) is 0. The SMILES string of the molecule is CC(C)c1c(CO)nnn1C(C)C(F)(F)F. The lowest BCUT2D eigenvalue weighted by molar-refractivity contribution is -0.166. The lowest BCUT2D eigenvalue weighted by Gasteiger charge is -2.19. The molecular weight excluding hydrogens is 223 g/mol. The zero-order chi connectivity index (χ0) is 12.5. The Kier molecular flexibility index (Phi) is 3.57. The summed E-state index contributed by atoms with van der Waals surface area (Å²) in [6, 6.07) is -1.74. The van der Waals surface area contributed by atoms with Crippen molar-refractivity contribution >= 4 is 0 Å². The van der Waals surface area contributed by atoms with E-state index in [4.69, 9.17) is 5.11 Å². The summed E-state index contributed by atoms with van der Waals surface area (Å²) >= 11 is 0. The molecule has 1 aromatic rings. The molecule has 0 radical (unpaired) electrons. The largest absolute Gasteiger partial charge is 0.410 e. The number of hydrogen-bond donors (Lipinski definition) is 1. The van der Waals surface area contributed by atoms with Gasteiger partial charge in [-0.1, -0.05) is 19.1 Å². The topological polar surface area (TPSA) is 50.9 Å². The van der Waals surface area contributed by atoms with E-state index in [9.17, 15) is 13.2 Å². The van der Waals surface area contributed by atoms with Crippen molar-refractivity contribution in [3.63, 3.8) is 0 Å². The lowest BCUT2D eigenvalue weighted by Crippen LogP contribution is -2.26. The van der Waals surface area contributed by atoms with Crippen molar-refractivity contribution in [2.45, 2.75) is 45.5 Å². The van der Waals surface area contributed by atoms with E-state index in [1.165, 1.54) is 0 Å². The van der Waals surface area contributed by atoms with Gasteiger partial charge in [-0.05, 0) is 12.8 Å². The summed E-state index contributed by atoms with van der Waals surface area (Å²) in [6.45, 7) is 4.08. The Morgan fingerprint density at radius 3 is 2.25 bits per heavy atom. The zero-order valence-electron chi connectivity index (χ0n) is 9.28. The highest BCUT2D eigenvalue weighted by Gasteiger charge is 2.40. The van der Waals surface area contributed by atoms with Crippen LogP contribution in [-0.4, -0.2) is 26.3 Å². The minimum Gasteiger partial charge on any atom is -0.390 e. The van der Waals surface area contributed by atoms with Gasteiger partial charge < -0.3 is 5.11 Å². The van der Waals surface area contributed by atoms with Gasteiger partial charge in [0.1, 0.15) is 11.7 Å². The molecule has 7 heteroatoms. The third-order valence-corrected chi connectivity index (χ3v) is 2.34. The maximum Gasteiger partial charge on any atom is 0.410 e. The number of halogens is 3. The number of aliphatic hydroxyl groups excluding tert-OH is 1. The van der Waals surface area contributed by atoms with Gasteiger partial charge in [0.15, 0.2) is 0 Å². The van der Waals surface area contributed by atoms with Gasteiger partial charge in [-0.25, -0.2) is 4.68 Å². The predicted molar refractivity (Wildman–Crippen MR) is 50.8 cm³/mol. The summed E-state index contributed by atoms with van der Waals surface area (Å²) in [6.07, 6.45) is -4.37. The zero-order valence-corrected chi connectivity index (χ0v) is 9.28. The fraction of sp³-hybridized carbons (Fsp3) is 0.778. The molecule has 0 bridgehead atoms.